The molecule has 0 bridgehead atoms. The van der Waals surface area contributed by atoms with E-state index >= 15 is 0 Å². The molecule has 1 unspecified atom stereocenters. The Morgan fingerprint density at radius 2 is 1.84 bits per heavy atom. The molecule has 106 valence electrons. The van der Waals surface area contributed by atoms with Gasteiger partial charge in [0, 0.05) is 13.7 Å². The van der Waals surface area contributed by atoms with Crippen LogP contribution in [0.1, 0.15) is 50.6 Å². The summed E-state index contributed by atoms with van der Waals surface area (Å²) < 4.78 is 5.37. The minimum Gasteiger partial charge on any atom is -0.383 e. The van der Waals surface area contributed by atoms with Crippen molar-refractivity contribution in [2.24, 2.45) is 5.41 Å². The normalized spacial score (nSPS) is 20.1. The molecular weight excluding hydrogens is 234 g/mol. The van der Waals surface area contributed by atoms with E-state index < -0.39 is 0 Å². The molecule has 0 aromatic heterocycles. The number of ether oxygens (including phenoxy) is 1. The maximum absolute atomic E-state index is 5.37. The molecule has 0 amide bonds. The summed E-state index contributed by atoms with van der Waals surface area (Å²) in [7, 11) is 1.78. The van der Waals surface area contributed by atoms with Gasteiger partial charge >= 0.3 is 0 Å². The van der Waals surface area contributed by atoms with Crippen molar-refractivity contribution in [3.63, 3.8) is 0 Å². The second kappa shape index (κ2) is 7.06. The van der Waals surface area contributed by atoms with Crippen LogP contribution < -0.4 is 5.32 Å². The summed E-state index contributed by atoms with van der Waals surface area (Å²) in [4.78, 5) is 0. The van der Waals surface area contributed by atoms with Crippen molar-refractivity contribution in [2.45, 2.75) is 45.1 Å². The first-order valence-corrected chi connectivity index (χ1v) is 7.51. The summed E-state index contributed by atoms with van der Waals surface area (Å²) >= 11 is 0. The second-order valence-corrected chi connectivity index (χ2v) is 6.17. The smallest absolute Gasteiger partial charge is 0.0657 e. The van der Waals surface area contributed by atoms with Crippen molar-refractivity contribution in [1.29, 1.82) is 0 Å². The van der Waals surface area contributed by atoms with E-state index in [4.69, 9.17) is 4.74 Å². The third kappa shape index (κ3) is 4.32. The van der Waals surface area contributed by atoms with Crippen molar-refractivity contribution < 1.29 is 4.74 Å². The molecule has 1 aromatic rings. The van der Waals surface area contributed by atoms with Gasteiger partial charge in [0.15, 0.2) is 0 Å². The summed E-state index contributed by atoms with van der Waals surface area (Å²) in [5.41, 5.74) is 1.79. The van der Waals surface area contributed by atoms with Gasteiger partial charge in [-0.25, -0.2) is 0 Å². The van der Waals surface area contributed by atoms with E-state index in [-0.39, 0.29) is 0 Å². The molecule has 0 heterocycles. The molecule has 1 saturated carbocycles. The van der Waals surface area contributed by atoms with E-state index in [0.717, 1.165) is 13.2 Å². The molecule has 1 fully saturated rings. The van der Waals surface area contributed by atoms with Crippen molar-refractivity contribution in [1.82, 2.24) is 5.32 Å². The summed E-state index contributed by atoms with van der Waals surface area (Å²) in [6.07, 6.45) is 6.90. The highest BCUT2D eigenvalue weighted by atomic mass is 16.5. The lowest BCUT2D eigenvalue weighted by molar-refractivity contribution is 0.146. The van der Waals surface area contributed by atoms with Gasteiger partial charge in [-0.3, -0.25) is 0 Å². The van der Waals surface area contributed by atoms with Gasteiger partial charge in [0.2, 0.25) is 0 Å². The summed E-state index contributed by atoms with van der Waals surface area (Å²) in [5.74, 6) is 0. The third-order valence-corrected chi connectivity index (χ3v) is 4.37. The van der Waals surface area contributed by atoms with E-state index in [2.05, 4.69) is 42.6 Å². The number of methoxy groups -OCH3 is 1. The van der Waals surface area contributed by atoms with Crippen LogP contribution in [-0.2, 0) is 4.74 Å². The molecule has 1 N–H and O–H groups in total. The van der Waals surface area contributed by atoms with Gasteiger partial charge in [-0.05, 0) is 23.8 Å². The van der Waals surface area contributed by atoms with Gasteiger partial charge < -0.3 is 10.1 Å². The zero-order valence-corrected chi connectivity index (χ0v) is 12.3. The van der Waals surface area contributed by atoms with Crippen LogP contribution in [0.4, 0.5) is 0 Å². The van der Waals surface area contributed by atoms with Crippen LogP contribution in [0.15, 0.2) is 30.3 Å². The molecule has 2 rings (SSSR count). The summed E-state index contributed by atoms with van der Waals surface area (Å²) in [5, 5.41) is 3.72. The minimum absolute atomic E-state index is 0.310. The topological polar surface area (TPSA) is 21.3 Å². The first-order chi connectivity index (χ1) is 9.23. The largest absolute Gasteiger partial charge is 0.383 e. The molecule has 0 radical (unpaired) electrons. The highest BCUT2D eigenvalue weighted by Gasteiger charge is 2.27. The van der Waals surface area contributed by atoms with Gasteiger partial charge in [0.05, 0.1) is 12.6 Å². The number of hydrogen-bond acceptors (Lipinski definition) is 2. The van der Waals surface area contributed by atoms with Crippen LogP contribution in [0.2, 0.25) is 0 Å². The predicted molar refractivity (Wildman–Crippen MR) is 80.3 cm³/mol. The van der Waals surface area contributed by atoms with E-state index in [1.807, 2.05) is 0 Å². The average Bonchev–Trinajstić information content (AvgIpc) is 2.45. The third-order valence-electron chi connectivity index (χ3n) is 4.37. The van der Waals surface area contributed by atoms with Gasteiger partial charge in [0.25, 0.3) is 0 Å². The van der Waals surface area contributed by atoms with Gasteiger partial charge in [0.1, 0.15) is 0 Å². The molecule has 0 saturated heterocycles. The Morgan fingerprint density at radius 3 is 2.47 bits per heavy atom. The van der Waals surface area contributed by atoms with Crippen LogP contribution in [0.3, 0.4) is 0 Å². The zero-order valence-electron chi connectivity index (χ0n) is 12.3. The molecule has 1 aromatic carbocycles. The van der Waals surface area contributed by atoms with Crippen LogP contribution in [0, 0.1) is 5.41 Å². The Labute approximate surface area is 117 Å². The molecule has 1 atom stereocenters. The molecule has 0 aliphatic heterocycles. The predicted octanol–water partition coefficient (Wildman–Crippen LogP) is 3.93. The fourth-order valence-corrected chi connectivity index (χ4v) is 3.08. The van der Waals surface area contributed by atoms with Crippen LogP contribution in [-0.4, -0.2) is 20.3 Å². The standard InChI is InChI=1S/C17H27NO/c1-17(11-7-4-8-12-17)14-18-16(13-19-2)15-9-5-3-6-10-15/h3,5-6,9-10,16,18H,4,7-8,11-14H2,1-2H3. The lowest BCUT2D eigenvalue weighted by Gasteiger charge is -2.35. The van der Waals surface area contributed by atoms with E-state index in [9.17, 15) is 0 Å². The minimum atomic E-state index is 0.310. The quantitative estimate of drug-likeness (QED) is 0.837. The fourth-order valence-electron chi connectivity index (χ4n) is 3.08. The highest BCUT2D eigenvalue weighted by Crippen LogP contribution is 2.35. The second-order valence-electron chi connectivity index (χ2n) is 6.17. The van der Waals surface area contributed by atoms with Crippen molar-refractivity contribution >= 4 is 0 Å². The Hall–Kier alpha value is -0.860. The first-order valence-electron chi connectivity index (χ1n) is 7.51. The monoisotopic (exact) mass is 261 g/mol. The molecular formula is C17H27NO. The molecule has 1 aliphatic carbocycles. The zero-order chi connectivity index (χ0) is 13.6. The van der Waals surface area contributed by atoms with E-state index in [0.29, 0.717) is 11.5 Å². The molecule has 2 nitrogen and oxygen atoms in total. The van der Waals surface area contributed by atoms with E-state index in [1.54, 1.807) is 7.11 Å². The molecule has 2 heteroatoms. The van der Waals surface area contributed by atoms with Crippen molar-refractivity contribution in [2.75, 3.05) is 20.3 Å². The number of nitrogens with one attached hydrogen (secondary N) is 1. The van der Waals surface area contributed by atoms with E-state index in [1.165, 1.54) is 37.7 Å². The van der Waals surface area contributed by atoms with Crippen LogP contribution in [0.5, 0.6) is 0 Å². The number of benzene rings is 1. The number of hydrogen-bond donors (Lipinski definition) is 1. The Balaban J connectivity index is 1.93. The Bertz CT molecular complexity index is 357. The first kappa shape index (κ1) is 14.5. The van der Waals surface area contributed by atoms with Gasteiger partial charge in [-0.1, -0.05) is 56.5 Å². The summed E-state index contributed by atoms with van der Waals surface area (Å²) in [6, 6.07) is 10.9. The SMILES string of the molecule is COCC(NCC1(C)CCCCC1)c1ccccc1. The lowest BCUT2D eigenvalue weighted by Crippen LogP contribution is -2.37. The van der Waals surface area contributed by atoms with Gasteiger partial charge in [-0.15, -0.1) is 0 Å². The van der Waals surface area contributed by atoms with Crippen LogP contribution >= 0.6 is 0 Å². The van der Waals surface area contributed by atoms with Crippen molar-refractivity contribution in [3.8, 4) is 0 Å². The summed E-state index contributed by atoms with van der Waals surface area (Å²) in [6.45, 7) is 4.25. The average molecular weight is 261 g/mol. The maximum Gasteiger partial charge on any atom is 0.0657 e. The van der Waals surface area contributed by atoms with Gasteiger partial charge in [-0.2, -0.15) is 0 Å². The molecule has 1 aliphatic rings. The highest BCUT2D eigenvalue weighted by molar-refractivity contribution is 5.19. The van der Waals surface area contributed by atoms with Crippen LogP contribution in [0.25, 0.3) is 0 Å². The maximum atomic E-state index is 5.37. The van der Waals surface area contributed by atoms with Crippen molar-refractivity contribution in [3.05, 3.63) is 35.9 Å². The lowest BCUT2D eigenvalue weighted by atomic mass is 9.75. The number of rotatable bonds is 6. The Morgan fingerprint density at radius 1 is 1.16 bits per heavy atom. The Kier molecular flexibility index (Phi) is 5.41. The fraction of sp³-hybridized carbons (Fsp3) is 0.647. The molecule has 19 heavy (non-hydrogen) atoms. The molecule has 0 spiro atoms.